The third-order valence-electron chi connectivity index (χ3n) is 23.5. The van der Waals surface area contributed by atoms with Crippen LogP contribution in [0.4, 0.5) is 0 Å². The lowest BCUT2D eigenvalue weighted by Crippen LogP contribution is -2.30. The lowest BCUT2D eigenvalue weighted by molar-refractivity contribution is -0.660. The summed E-state index contributed by atoms with van der Waals surface area (Å²) in [5.74, 6) is -6.26. The lowest BCUT2D eigenvalue weighted by atomic mass is 9.60. The second-order valence-corrected chi connectivity index (χ2v) is 30.4. The average Bonchev–Trinajstić information content (AvgIpc) is 0.674. The van der Waals surface area contributed by atoms with Crippen LogP contribution in [-0.2, 0) is 21.1 Å². The van der Waals surface area contributed by atoms with Crippen molar-refractivity contribution in [1.82, 2.24) is 0 Å². The summed E-state index contributed by atoms with van der Waals surface area (Å²) in [5.41, 5.74) is 39.8. The SMILES string of the molecule is [2H]C12c3ccccc3C([2H])(c3cc(C)ccc31)c1c(C)cc(-c3cc[n+](C)c(-c4ccccc4C)c3)cc12.[2H]C12c3ccccc3C([2H])(c3ccc(C)cc31)c1cc(-c3cc[n+](C)c(-c4ccccc4C)c3)c(C)cc12.[2H]C12c3ccccc3C([2H])(c3ccc(C)cc31)c1cc(-c3cc[n+](C)c(-c4ccccc4C)c3)ccc12. The van der Waals surface area contributed by atoms with Crippen LogP contribution in [-0.4, -0.2) is 0 Å². The maximum Gasteiger partial charge on any atom is 0.213 e. The quantitative estimate of drug-likeness (QED) is 0.147. The molecule has 3 heterocycles. The van der Waals surface area contributed by atoms with Crippen molar-refractivity contribution in [2.45, 2.75) is 90.8 Å². The molecule has 9 aliphatic carbocycles. The van der Waals surface area contributed by atoms with Crippen molar-refractivity contribution in [2.75, 3.05) is 0 Å². The van der Waals surface area contributed by atoms with Crippen molar-refractivity contribution in [3.05, 3.63) is 442 Å². The van der Waals surface area contributed by atoms with Crippen LogP contribution in [0.25, 0.3) is 67.2 Å². The van der Waals surface area contributed by atoms with Crippen molar-refractivity contribution in [2.24, 2.45) is 21.1 Å². The molecule has 107 heavy (non-hydrogen) atoms. The second-order valence-electron chi connectivity index (χ2n) is 30.4. The van der Waals surface area contributed by atoms with Gasteiger partial charge in [-0.25, -0.2) is 13.7 Å². The van der Waals surface area contributed by atoms with E-state index < -0.39 is 35.4 Å². The summed E-state index contributed by atoms with van der Waals surface area (Å²) in [4.78, 5) is 0. The van der Waals surface area contributed by atoms with Crippen molar-refractivity contribution >= 4 is 0 Å². The Bertz CT molecular complexity index is 6610. The molecule has 0 radical (unpaired) electrons. The van der Waals surface area contributed by atoms with Gasteiger partial charge in [-0.15, -0.1) is 0 Å². The molecule has 6 atom stereocenters. The van der Waals surface area contributed by atoms with Crippen LogP contribution in [0.3, 0.4) is 0 Å². The van der Waals surface area contributed by atoms with Gasteiger partial charge in [0, 0.05) is 96.7 Å². The van der Waals surface area contributed by atoms with Gasteiger partial charge < -0.3 is 0 Å². The van der Waals surface area contributed by atoms with E-state index in [4.69, 9.17) is 0 Å². The number of rotatable bonds is 6. The number of hydrogen-bond donors (Lipinski definition) is 0. The van der Waals surface area contributed by atoms with Gasteiger partial charge in [0.2, 0.25) is 17.1 Å². The summed E-state index contributed by atoms with van der Waals surface area (Å²) in [5, 5.41) is 0. The van der Waals surface area contributed by atoms with Crippen molar-refractivity contribution in [1.29, 1.82) is 0 Å². The summed E-state index contributed by atoms with van der Waals surface area (Å²) in [6.07, 6.45) is 6.35. The highest BCUT2D eigenvalue weighted by Crippen LogP contribution is 2.60. The molecule has 0 fully saturated rings. The van der Waals surface area contributed by atoms with Gasteiger partial charge >= 0.3 is 0 Å². The third-order valence-corrected chi connectivity index (χ3v) is 23.5. The van der Waals surface area contributed by atoms with E-state index in [0.717, 1.165) is 178 Å². The summed E-state index contributed by atoms with van der Waals surface area (Å²) in [6.45, 7) is 16.9. The normalized spacial score (nSPS) is 21.9. The molecule has 15 aromatic rings. The zero-order valence-corrected chi connectivity index (χ0v) is 62.6. The molecule has 6 unspecified atom stereocenters. The molecule has 0 saturated heterocycles. The highest BCUT2D eigenvalue weighted by Gasteiger charge is 2.45. The summed E-state index contributed by atoms with van der Waals surface area (Å²) < 4.78 is 66.7. The fourth-order valence-corrected chi connectivity index (χ4v) is 18.3. The Hall–Kier alpha value is -11.9. The van der Waals surface area contributed by atoms with Gasteiger partial charge in [0.25, 0.3) is 0 Å². The molecule has 12 aromatic carbocycles. The third kappa shape index (κ3) is 10.7. The number of benzene rings is 12. The van der Waals surface area contributed by atoms with Gasteiger partial charge in [-0.05, 0) is 253 Å². The van der Waals surface area contributed by atoms with Gasteiger partial charge in [-0.1, -0.05) is 223 Å². The average molecular weight is 1390 g/mol. The monoisotopic (exact) mass is 1380 g/mol. The van der Waals surface area contributed by atoms with E-state index in [-0.39, 0.29) is 0 Å². The lowest BCUT2D eigenvalue weighted by Gasteiger charge is -2.43. The van der Waals surface area contributed by atoms with E-state index in [1.807, 2.05) is 48.5 Å². The first-order valence-corrected chi connectivity index (χ1v) is 37.6. The Labute approximate surface area is 639 Å². The smallest absolute Gasteiger partial charge is 0.201 e. The molecule has 24 rings (SSSR count). The minimum absolute atomic E-state index is 0.917. The highest BCUT2D eigenvalue weighted by molar-refractivity contribution is 5.81. The molecule has 0 amide bonds. The number of hydrogen-bond acceptors (Lipinski definition) is 0. The van der Waals surface area contributed by atoms with Crippen molar-refractivity contribution < 1.29 is 21.9 Å². The van der Waals surface area contributed by atoms with Gasteiger partial charge in [0.15, 0.2) is 18.6 Å². The molecular formula is C104H88N3+3. The predicted octanol–water partition coefficient (Wildman–Crippen LogP) is 23.0. The van der Waals surface area contributed by atoms with E-state index in [9.17, 15) is 8.22 Å². The Kier molecular flexibility index (Phi) is 14.3. The number of aryl methyl sites for hydroxylation is 11. The maximum atomic E-state index is 10.1. The summed E-state index contributed by atoms with van der Waals surface area (Å²) in [7, 11) is 6.25. The maximum absolute atomic E-state index is 10.1. The van der Waals surface area contributed by atoms with Crippen molar-refractivity contribution in [3.63, 3.8) is 0 Å². The second kappa shape index (κ2) is 25.7. The standard InChI is InChI=1S/2C35H30N.C34H28N/c1-21-13-14-29-30(17-21)35-28-12-8-7-11-27(28)34(29)31-19-25(18-23(3)33(31)35)24-15-16-36(4)32(20-24)26-10-6-5-9-22(26)2;1-21-13-14-28-30(17-21)35-27-12-8-7-11-26(27)34(28)32-20-29(23(3)18-31(32)35)24-15-16-36(4)33(19-24)25-10-6-5-9-22(25)2;1-21-12-14-28-30(18-21)33-26-10-6-7-11-27(26)34(28)31-19-23(13-15-29(31)33)24-16-17-35(3)32(20-24)25-9-5-4-8-22(25)2/h2*5-20,34-35H,1-4H3;4-20,33-34H,1-3H3/q3*+1/i2*34D,35D;33D,34D. The topological polar surface area (TPSA) is 11.6 Å². The molecule has 0 aliphatic heterocycles. The Balaban J connectivity index is 0.000000114. The van der Waals surface area contributed by atoms with Crippen LogP contribution in [0.5, 0.6) is 0 Å². The minimum atomic E-state index is -1.06. The first kappa shape index (κ1) is 59.4. The minimum Gasteiger partial charge on any atom is -0.201 e. The van der Waals surface area contributed by atoms with Crippen LogP contribution in [0.2, 0.25) is 0 Å². The van der Waals surface area contributed by atoms with E-state index >= 15 is 0 Å². The van der Waals surface area contributed by atoms with Crippen LogP contribution in [0, 0.1) is 55.4 Å². The van der Waals surface area contributed by atoms with Crippen molar-refractivity contribution in [3.8, 4) is 67.2 Å². The molecule has 0 N–H and O–H groups in total. The molecule has 6 bridgehead atoms. The molecular weight excluding hydrogens is 1290 g/mol. The van der Waals surface area contributed by atoms with E-state index in [2.05, 4.69) is 339 Å². The zero-order chi connectivity index (χ0) is 78.3. The first-order valence-electron chi connectivity index (χ1n) is 40.6. The highest BCUT2D eigenvalue weighted by atomic mass is 14.9. The fourth-order valence-electron chi connectivity index (χ4n) is 18.3. The predicted molar refractivity (Wildman–Crippen MR) is 438 cm³/mol. The number of pyridine rings is 3. The largest absolute Gasteiger partial charge is 0.213 e. The number of nitrogens with zero attached hydrogens (tertiary/aromatic N) is 3. The molecule has 3 nitrogen and oxygen atoms in total. The zero-order valence-electron chi connectivity index (χ0n) is 68.6. The van der Waals surface area contributed by atoms with Crippen LogP contribution in [0.15, 0.2) is 298 Å². The molecule has 516 valence electrons. The van der Waals surface area contributed by atoms with Crippen LogP contribution in [0.1, 0.15) is 188 Å². The van der Waals surface area contributed by atoms with E-state index in [1.54, 1.807) is 0 Å². The fraction of sp³-hybridized carbons (Fsp3) is 0.163. The summed E-state index contributed by atoms with van der Waals surface area (Å²) >= 11 is 0. The molecule has 9 aliphatic rings. The Morgan fingerprint density at radius 3 is 0.944 bits per heavy atom. The van der Waals surface area contributed by atoms with Gasteiger partial charge in [-0.2, -0.15) is 0 Å². The Morgan fingerprint density at radius 2 is 0.505 bits per heavy atom. The molecule has 3 aromatic heterocycles. The summed E-state index contributed by atoms with van der Waals surface area (Å²) in [6, 6.07) is 97.0. The van der Waals surface area contributed by atoms with Gasteiger partial charge in [-0.3, -0.25) is 0 Å². The number of aromatic nitrogens is 3. The molecule has 0 saturated carbocycles. The first-order chi connectivity index (χ1) is 54.3. The van der Waals surface area contributed by atoms with Crippen LogP contribution < -0.4 is 13.7 Å². The molecule has 0 spiro atoms. The van der Waals surface area contributed by atoms with Gasteiger partial charge in [0.1, 0.15) is 21.1 Å². The van der Waals surface area contributed by atoms with E-state index in [1.165, 1.54) is 33.4 Å². The molecule has 3 heteroatoms. The van der Waals surface area contributed by atoms with Crippen LogP contribution >= 0.6 is 0 Å². The van der Waals surface area contributed by atoms with Gasteiger partial charge in [0.05, 0.1) is 0 Å². The van der Waals surface area contributed by atoms with E-state index in [0.29, 0.717) is 0 Å². The Morgan fingerprint density at radius 1 is 0.206 bits per heavy atom.